The van der Waals surface area contributed by atoms with Crippen LogP contribution in [0.25, 0.3) is 0 Å². The monoisotopic (exact) mass is 992 g/mol. The Morgan fingerprint density at radius 3 is 2.47 bits per heavy atom. The third-order valence-corrected chi connectivity index (χ3v) is 18.9. The number of esters is 2. The molecule has 3 heterocycles. The lowest BCUT2D eigenvalue weighted by molar-refractivity contribution is -0.221. The molecule has 386 valence electrons. The number of ether oxygens (including phenoxy) is 2. The zero-order chi connectivity index (χ0) is 50.6. The van der Waals surface area contributed by atoms with Crippen molar-refractivity contribution in [3.05, 3.63) is 111 Å². The van der Waals surface area contributed by atoms with Crippen LogP contribution in [-0.2, 0) is 44.0 Å². The van der Waals surface area contributed by atoms with Crippen molar-refractivity contribution in [2.45, 2.75) is 183 Å². The molecular weight excluding hydrogens is 919 g/mol. The number of nitrogens with one attached hydrogen (secondary N) is 1. The molecule has 11 unspecified atom stereocenters. The number of aromatic hydroxyl groups is 1. The Bertz CT molecular complexity index is 2750. The highest BCUT2D eigenvalue weighted by molar-refractivity contribution is 5.89. The van der Waals surface area contributed by atoms with Crippen LogP contribution in [0, 0.1) is 41.4 Å². The summed E-state index contributed by atoms with van der Waals surface area (Å²) in [6.45, 7) is 1.65. The molecule has 10 bridgehead atoms. The summed E-state index contributed by atoms with van der Waals surface area (Å²) in [6, 6.07) is 15.9. The second kappa shape index (κ2) is 20.5. The zero-order valence-electron chi connectivity index (χ0n) is 42.3. The molecule has 3 aromatic carbocycles. The van der Waals surface area contributed by atoms with E-state index in [9.17, 15) is 35.1 Å². The number of anilines is 1. The van der Waals surface area contributed by atoms with Crippen molar-refractivity contribution < 1.29 is 49.4 Å². The van der Waals surface area contributed by atoms with Crippen LogP contribution >= 0.6 is 0 Å². The number of fused-ring (bicyclic) bond motifs is 10. The Kier molecular flexibility index (Phi) is 14.0. The van der Waals surface area contributed by atoms with E-state index in [1.807, 2.05) is 30.3 Å². The van der Waals surface area contributed by atoms with Gasteiger partial charge in [-0.2, -0.15) is 0 Å². The predicted octanol–water partition coefficient (Wildman–Crippen LogP) is 9.44. The maximum Gasteiger partial charge on any atom is 0.334 e. The lowest BCUT2D eigenvalue weighted by atomic mass is 9.49. The van der Waals surface area contributed by atoms with E-state index >= 15 is 4.79 Å². The number of benzene rings is 3. The highest BCUT2D eigenvalue weighted by Crippen LogP contribution is 2.59. The molecule has 11 heteroatoms. The number of phenols is 1. The Balaban J connectivity index is 1.17. The van der Waals surface area contributed by atoms with Gasteiger partial charge in [-0.3, -0.25) is 9.59 Å². The SMILES string of the molecule is CC(O)CNc1cc(CO)cc(C2C#CC3CC(=O)Oc4c3cc(c(O)c4C3CCCCC3)CC3OC(=O)C(=CC(O)C4(CCCCC4)c4cccc(c4)CC4C(=O)CCC5C4CC4C=CCCC4C35O)C2)c1. The Morgan fingerprint density at radius 2 is 1.67 bits per heavy atom. The summed E-state index contributed by atoms with van der Waals surface area (Å²) in [5.74, 6) is 3.51. The van der Waals surface area contributed by atoms with Crippen molar-refractivity contribution in [2.24, 2.45) is 29.6 Å². The van der Waals surface area contributed by atoms with Gasteiger partial charge in [0.2, 0.25) is 0 Å². The molecule has 0 amide bonds. The van der Waals surface area contributed by atoms with Crippen LogP contribution in [0.3, 0.4) is 0 Å². The number of rotatable bonds is 6. The molecule has 1 spiro atoms. The second-order valence-electron chi connectivity index (χ2n) is 23.3. The van der Waals surface area contributed by atoms with Gasteiger partial charge in [0.15, 0.2) is 0 Å². The smallest absolute Gasteiger partial charge is 0.334 e. The first kappa shape index (κ1) is 49.9. The molecule has 11 atom stereocenters. The van der Waals surface area contributed by atoms with Crippen LogP contribution in [0.4, 0.5) is 5.69 Å². The normalized spacial score (nSPS) is 32.4. The van der Waals surface area contributed by atoms with Gasteiger partial charge < -0.3 is 40.3 Å². The van der Waals surface area contributed by atoms with Gasteiger partial charge in [0, 0.05) is 59.0 Å². The van der Waals surface area contributed by atoms with E-state index in [0.29, 0.717) is 77.8 Å². The number of carbonyl (C=O) groups is 3. The van der Waals surface area contributed by atoms with Crippen molar-refractivity contribution in [3.8, 4) is 23.3 Å². The summed E-state index contributed by atoms with van der Waals surface area (Å²) in [4.78, 5) is 44.3. The first-order valence-corrected chi connectivity index (χ1v) is 27.7. The van der Waals surface area contributed by atoms with E-state index in [4.69, 9.17) is 9.47 Å². The largest absolute Gasteiger partial charge is 0.507 e. The molecule has 11 rings (SSSR count). The van der Waals surface area contributed by atoms with E-state index in [-0.39, 0.29) is 79.1 Å². The summed E-state index contributed by atoms with van der Waals surface area (Å²) in [5.41, 5.74) is 3.43. The average molecular weight is 992 g/mol. The number of Topliss-reactive ketones (excluding diaryl/α,β-unsaturated/α-hetero) is 1. The summed E-state index contributed by atoms with van der Waals surface area (Å²) >= 11 is 0. The number of ketones is 1. The Hall–Kier alpha value is -5.25. The number of phenolic OH excluding ortho intramolecular Hbond substituents is 1. The Morgan fingerprint density at radius 1 is 0.877 bits per heavy atom. The van der Waals surface area contributed by atoms with E-state index in [2.05, 4.69) is 47.5 Å². The van der Waals surface area contributed by atoms with Crippen molar-refractivity contribution in [2.75, 3.05) is 11.9 Å². The number of carbonyl (C=O) groups excluding carboxylic acids is 3. The molecule has 11 nitrogen and oxygen atoms in total. The lowest BCUT2D eigenvalue weighted by Gasteiger charge is -2.58. The quantitative estimate of drug-likeness (QED) is 0.0599. The van der Waals surface area contributed by atoms with Crippen LogP contribution in [0.1, 0.15) is 173 Å². The van der Waals surface area contributed by atoms with Gasteiger partial charge in [-0.05, 0) is 153 Å². The Labute approximate surface area is 429 Å². The minimum Gasteiger partial charge on any atom is -0.507 e. The van der Waals surface area contributed by atoms with Gasteiger partial charge >= 0.3 is 11.9 Å². The molecule has 5 aliphatic carbocycles. The maximum absolute atomic E-state index is 16.0. The van der Waals surface area contributed by atoms with Gasteiger partial charge in [0.25, 0.3) is 0 Å². The van der Waals surface area contributed by atoms with Crippen LogP contribution in [0.15, 0.2) is 72.3 Å². The van der Waals surface area contributed by atoms with Gasteiger partial charge in [-0.25, -0.2) is 4.79 Å². The second-order valence-corrected chi connectivity index (χ2v) is 23.3. The van der Waals surface area contributed by atoms with Crippen molar-refractivity contribution in [1.29, 1.82) is 0 Å². The number of hydrogen-bond acceptors (Lipinski definition) is 11. The lowest BCUT2D eigenvalue weighted by Crippen LogP contribution is -2.65. The number of hydrogen-bond donors (Lipinski definition) is 6. The van der Waals surface area contributed by atoms with Crippen LogP contribution in [0.5, 0.6) is 11.5 Å². The minimum absolute atomic E-state index is 0.0118. The summed E-state index contributed by atoms with van der Waals surface area (Å²) in [5, 5.41) is 64.4. The maximum atomic E-state index is 16.0. The molecule has 0 aromatic heterocycles. The molecule has 6 N–H and O–H groups in total. The number of aliphatic hydroxyl groups is 4. The average Bonchev–Trinajstić information content (AvgIpc) is 3.40. The van der Waals surface area contributed by atoms with Crippen LogP contribution in [0.2, 0.25) is 0 Å². The molecule has 4 saturated carbocycles. The summed E-state index contributed by atoms with van der Waals surface area (Å²) in [6.07, 6.45) is 15.0. The van der Waals surface area contributed by atoms with Crippen molar-refractivity contribution in [1.82, 2.24) is 0 Å². The fraction of sp³-hybridized carbons (Fsp3) is 0.565. The molecule has 0 radical (unpaired) electrons. The number of allylic oxidation sites excluding steroid dienone is 2. The van der Waals surface area contributed by atoms with E-state index in [0.717, 1.165) is 75.3 Å². The molecule has 3 aliphatic heterocycles. The van der Waals surface area contributed by atoms with Crippen molar-refractivity contribution >= 4 is 23.4 Å². The van der Waals surface area contributed by atoms with Crippen LogP contribution < -0.4 is 10.1 Å². The molecule has 0 saturated heterocycles. The predicted molar refractivity (Wildman–Crippen MR) is 277 cm³/mol. The zero-order valence-corrected chi connectivity index (χ0v) is 42.3. The topological polar surface area (TPSA) is 183 Å². The number of aliphatic hydroxyl groups excluding tert-OH is 3. The first-order valence-electron chi connectivity index (χ1n) is 27.7. The molecular formula is C62H73NO10. The van der Waals surface area contributed by atoms with Gasteiger partial charge in [0.1, 0.15) is 29.0 Å². The summed E-state index contributed by atoms with van der Waals surface area (Å²) in [7, 11) is 0. The minimum atomic E-state index is -1.64. The molecule has 4 fully saturated rings. The van der Waals surface area contributed by atoms with E-state index in [1.165, 1.54) is 0 Å². The fourth-order valence-corrected chi connectivity index (χ4v) is 15.3. The van der Waals surface area contributed by atoms with Gasteiger partial charge in [-0.15, -0.1) is 0 Å². The molecule has 73 heavy (non-hydrogen) atoms. The van der Waals surface area contributed by atoms with Gasteiger partial charge in [0.05, 0.1) is 31.2 Å². The third kappa shape index (κ3) is 9.38. The van der Waals surface area contributed by atoms with Crippen LogP contribution in [-0.4, -0.2) is 73.7 Å². The highest BCUT2D eigenvalue weighted by atomic mass is 16.6. The first-order chi connectivity index (χ1) is 35.3. The molecule has 8 aliphatic rings. The van der Waals surface area contributed by atoms with E-state index < -0.39 is 59.0 Å². The fourth-order valence-electron chi connectivity index (χ4n) is 15.3. The third-order valence-electron chi connectivity index (χ3n) is 18.9. The highest BCUT2D eigenvalue weighted by Gasteiger charge is 2.62. The van der Waals surface area contributed by atoms with E-state index in [1.54, 1.807) is 13.0 Å². The summed E-state index contributed by atoms with van der Waals surface area (Å²) < 4.78 is 13.3. The standard InChI is InChI=1S/C62H73NO10/c1-36(65)34-63-47-25-38(35-64)23-43(28-47)40-17-18-41-33-56(68)73-59-48(41)30-44(58(69)57(59)39-12-4-2-5-13-39)32-55-62(71)51-16-7-6-14-42(51)29-49-50(53(66)20-19-52(49)62)26-37-11-10-15-46(24-37)61(21-8-3-9-22-61)54(67)31-45(27-40)60(70)72-55/h6,10-11,14-15,23-25,28,30-31,36,39-42,49-52,54-55,63-65,67,69,71H,2-5,7-9,12-13,16,19-22,26-27,29,32-35H2,1H3. The van der Waals surface area contributed by atoms with Gasteiger partial charge in [-0.1, -0.05) is 92.8 Å². The van der Waals surface area contributed by atoms with Crippen molar-refractivity contribution in [3.63, 3.8) is 0 Å². The molecule has 3 aromatic rings.